The highest BCUT2D eigenvalue weighted by atomic mass is 32.2. The Balaban J connectivity index is 1.36. The molecule has 1 aromatic heterocycles. The maximum Gasteiger partial charge on any atom is 0.371 e. The molecule has 1 aliphatic heterocycles. The number of imidazole rings is 1. The van der Waals surface area contributed by atoms with E-state index < -0.39 is 5.97 Å². The molecule has 0 saturated heterocycles. The summed E-state index contributed by atoms with van der Waals surface area (Å²) in [7, 11) is 0. The van der Waals surface area contributed by atoms with Crippen LogP contribution in [0.25, 0.3) is 0 Å². The van der Waals surface area contributed by atoms with E-state index >= 15 is 0 Å². The zero-order chi connectivity index (χ0) is 21.2. The molecule has 2 heterocycles. The molecule has 160 valence electrons. The number of nitrogens with one attached hydrogen (secondary N) is 1. The molecule has 2 atom stereocenters. The lowest BCUT2D eigenvalue weighted by Crippen LogP contribution is -2.19. The summed E-state index contributed by atoms with van der Waals surface area (Å²) in [6.07, 6.45) is 6.19. The molecule has 31 heavy (non-hydrogen) atoms. The largest absolute Gasteiger partial charge is 0.489 e. The Hall–Kier alpha value is -2.73. The highest BCUT2D eigenvalue weighted by Crippen LogP contribution is 2.58. The average molecular weight is 435 g/mol. The molecule has 2 N–H and O–H groups in total. The highest BCUT2D eigenvalue weighted by molar-refractivity contribution is 7.99. The number of H-pyrrole nitrogens is 1. The molecule has 0 spiro atoms. The number of benzene rings is 2. The fourth-order valence-electron chi connectivity index (χ4n) is 4.88. The van der Waals surface area contributed by atoms with Gasteiger partial charge in [-0.15, -0.1) is 0 Å². The third-order valence-corrected chi connectivity index (χ3v) is 7.77. The van der Waals surface area contributed by atoms with Gasteiger partial charge >= 0.3 is 5.97 Å². The number of aromatic nitrogens is 2. The van der Waals surface area contributed by atoms with E-state index in [0.717, 1.165) is 22.0 Å². The summed E-state index contributed by atoms with van der Waals surface area (Å²) in [6, 6.07) is 18.5. The lowest BCUT2D eigenvalue weighted by Gasteiger charge is -2.31. The van der Waals surface area contributed by atoms with Gasteiger partial charge in [0.1, 0.15) is 17.4 Å². The number of aromatic carboxylic acids is 1. The Morgan fingerprint density at radius 3 is 2.52 bits per heavy atom. The summed E-state index contributed by atoms with van der Waals surface area (Å²) < 4.78 is 5.95. The summed E-state index contributed by atoms with van der Waals surface area (Å²) in [5.41, 5.74) is 3.41. The standard InChI is InChI=1S/C25H26N2O3S/c28-25(29)23-26-21-20(17-9-5-2-6-10-17)22(31-24(21)27-23)18-11-13-19(14-12-18)30-15-16-7-3-1-4-8-16/h1,3-4,7-8,11-14,17,20,22H,2,5-6,9-10,15H2,(H,26,27)(H,28,29)/t20-,22+/m1/s1. The molecular weight excluding hydrogens is 408 g/mol. The summed E-state index contributed by atoms with van der Waals surface area (Å²) in [6.45, 7) is 0.551. The SMILES string of the molecule is O=C(O)c1nc2c([nH]1)[C@@H](C1CCCCC1)[C@H](c1ccc(OCc3ccccc3)cc1)S2. The van der Waals surface area contributed by atoms with Crippen molar-refractivity contribution in [1.82, 2.24) is 9.97 Å². The van der Waals surface area contributed by atoms with Gasteiger partial charge in [0.25, 0.3) is 0 Å². The van der Waals surface area contributed by atoms with E-state index in [0.29, 0.717) is 12.5 Å². The van der Waals surface area contributed by atoms with Crippen molar-refractivity contribution in [2.24, 2.45) is 5.92 Å². The van der Waals surface area contributed by atoms with E-state index in [1.807, 2.05) is 30.3 Å². The molecule has 5 nitrogen and oxygen atoms in total. The van der Waals surface area contributed by atoms with Crippen molar-refractivity contribution in [2.75, 3.05) is 0 Å². The molecule has 1 aliphatic carbocycles. The van der Waals surface area contributed by atoms with Crippen LogP contribution >= 0.6 is 11.8 Å². The Bertz CT molecular complexity index is 1040. The molecule has 2 aromatic carbocycles. The zero-order valence-corrected chi connectivity index (χ0v) is 18.1. The first-order valence-electron chi connectivity index (χ1n) is 11.0. The molecule has 6 heteroatoms. The van der Waals surface area contributed by atoms with E-state index in [4.69, 9.17) is 4.74 Å². The van der Waals surface area contributed by atoms with Crippen LogP contribution in [0.2, 0.25) is 0 Å². The molecule has 0 bridgehead atoms. The Morgan fingerprint density at radius 2 is 1.81 bits per heavy atom. The third-order valence-electron chi connectivity index (χ3n) is 6.41. The van der Waals surface area contributed by atoms with Crippen LogP contribution in [0.1, 0.15) is 70.7 Å². The van der Waals surface area contributed by atoms with Crippen molar-refractivity contribution in [3.05, 3.63) is 77.2 Å². The topological polar surface area (TPSA) is 75.2 Å². The molecular formula is C25H26N2O3S. The predicted octanol–water partition coefficient (Wildman–Crippen LogP) is 6.20. The van der Waals surface area contributed by atoms with Gasteiger partial charge in [-0.05, 0) is 42.0 Å². The predicted molar refractivity (Wildman–Crippen MR) is 121 cm³/mol. The average Bonchev–Trinajstić information content (AvgIpc) is 3.38. The van der Waals surface area contributed by atoms with Crippen LogP contribution < -0.4 is 4.74 Å². The third kappa shape index (κ3) is 4.22. The Morgan fingerprint density at radius 1 is 1.06 bits per heavy atom. The Kier molecular flexibility index (Phi) is 5.72. The van der Waals surface area contributed by atoms with Crippen LogP contribution in [0.3, 0.4) is 0 Å². The smallest absolute Gasteiger partial charge is 0.371 e. The lowest BCUT2D eigenvalue weighted by molar-refractivity contribution is 0.0684. The van der Waals surface area contributed by atoms with Gasteiger partial charge in [-0.1, -0.05) is 73.5 Å². The first-order valence-corrected chi connectivity index (χ1v) is 11.8. The molecule has 3 aromatic rings. The van der Waals surface area contributed by atoms with Crippen molar-refractivity contribution in [1.29, 1.82) is 0 Å². The van der Waals surface area contributed by atoms with E-state index in [1.54, 1.807) is 11.8 Å². The van der Waals surface area contributed by atoms with Crippen molar-refractivity contribution < 1.29 is 14.6 Å². The molecule has 5 rings (SSSR count). The molecule has 0 unspecified atom stereocenters. The Labute approximate surface area is 186 Å². The van der Waals surface area contributed by atoms with Crippen molar-refractivity contribution in [2.45, 2.75) is 54.9 Å². The number of carboxylic acids is 1. The van der Waals surface area contributed by atoms with Crippen LogP contribution in [-0.2, 0) is 6.61 Å². The summed E-state index contributed by atoms with van der Waals surface area (Å²) in [4.78, 5) is 18.9. The van der Waals surface area contributed by atoms with Crippen LogP contribution in [0.4, 0.5) is 0 Å². The van der Waals surface area contributed by atoms with Crippen molar-refractivity contribution in [3.63, 3.8) is 0 Å². The number of ether oxygens (including phenoxy) is 1. The number of thioether (sulfide) groups is 1. The minimum atomic E-state index is -0.992. The number of hydrogen-bond acceptors (Lipinski definition) is 4. The molecule has 2 aliphatic rings. The van der Waals surface area contributed by atoms with Crippen LogP contribution in [0.5, 0.6) is 5.75 Å². The minimum Gasteiger partial charge on any atom is -0.489 e. The molecule has 1 fully saturated rings. The first kappa shape index (κ1) is 20.2. The fraction of sp³-hybridized carbons (Fsp3) is 0.360. The highest BCUT2D eigenvalue weighted by Gasteiger charge is 2.42. The number of nitrogens with zero attached hydrogens (tertiary/aromatic N) is 1. The van der Waals surface area contributed by atoms with Crippen molar-refractivity contribution >= 4 is 17.7 Å². The van der Waals surface area contributed by atoms with Gasteiger partial charge in [0.05, 0.1) is 5.69 Å². The summed E-state index contributed by atoms with van der Waals surface area (Å²) in [5, 5.41) is 10.5. The van der Waals surface area contributed by atoms with Gasteiger partial charge in [-0.2, -0.15) is 0 Å². The number of hydrogen-bond donors (Lipinski definition) is 2. The second-order valence-electron chi connectivity index (χ2n) is 8.42. The van der Waals surface area contributed by atoms with Crippen LogP contribution in [0.15, 0.2) is 59.6 Å². The number of carbonyl (C=O) groups is 1. The van der Waals surface area contributed by atoms with Gasteiger partial charge in [-0.3, -0.25) is 0 Å². The zero-order valence-electron chi connectivity index (χ0n) is 17.3. The van der Waals surface area contributed by atoms with Gasteiger partial charge < -0.3 is 14.8 Å². The van der Waals surface area contributed by atoms with E-state index in [2.05, 4.69) is 34.2 Å². The van der Waals surface area contributed by atoms with E-state index in [9.17, 15) is 9.90 Å². The number of carboxylic acid groups (broad SMARTS) is 1. The van der Waals surface area contributed by atoms with Gasteiger partial charge in [-0.25, -0.2) is 9.78 Å². The number of aromatic amines is 1. The van der Waals surface area contributed by atoms with Crippen LogP contribution in [-0.4, -0.2) is 21.0 Å². The van der Waals surface area contributed by atoms with Crippen molar-refractivity contribution in [3.8, 4) is 5.75 Å². The first-order chi connectivity index (χ1) is 15.2. The van der Waals surface area contributed by atoms with E-state index in [-0.39, 0.29) is 17.0 Å². The number of rotatable bonds is 6. The normalized spacial score (nSPS) is 21.0. The summed E-state index contributed by atoms with van der Waals surface area (Å²) >= 11 is 1.70. The van der Waals surface area contributed by atoms with Crippen LogP contribution in [0, 0.1) is 5.92 Å². The monoisotopic (exact) mass is 434 g/mol. The van der Waals surface area contributed by atoms with E-state index in [1.165, 1.54) is 37.7 Å². The molecule has 0 amide bonds. The maximum absolute atomic E-state index is 11.4. The van der Waals surface area contributed by atoms with Gasteiger partial charge in [0, 0.05) is 11.2 Å². The molecule has 1 saturated carbocycles. The molecule has 0 radical (unpaired) electrons. The second-order valence-corrected chi connectivity index (χ2v) is 9.55. The minimum absolute atomic E-state index is 0.0569. The maximum atomic E-state index is 11.4. The van der Waals surface area contributed by atoms with Gasteiger partial charge in [0.2, 0.25) is 5.82 Å². The quantitative estimate of drug-likeness (QED) is 0.483. The number of fused-ring (bicyclic) bond motifs is 1. The van der Waals surface area contributed by atoms with Gasteiger partial charge in [0.15, 0.2) is 0 Å². The fourth-order valence-corrected chi connectivity index (χ4v) is 6.38. The second kappa shape index (κ2) is 8.79. The summed E-state index contributed by atoms with van der Waals surface area (Å²) in [5.74, 6) is 0.755. The lowest BCUT2D eigenvalue weighted by atomic mass is 9.76.